The molecule has 2 heterocycles. The molecule has 0 spiro atoms. The van der Waals surface area contributed by atoms with Crippen molar-refractivity contribution in [3.05, 3.63) is 41.6 Å². The summed E-state index contributed by atoms with van der Waals surface area (Å²) in [6.45, 7) is 1.55. The minimum atomic E-state index is -0.841. The lowest BCUT2D eigenvalue weighted by Gasteiger charge is -2.30. The van der Waals surface area contributed by atoms with Crippen LogP contribution in [0.1, 0.15) is 18.4 Å². The van der Waals surface area contributed by atoms with E-state index in [2.05, 4.69) is 0 Å². The van der Waals surface area contributed by atoms with E-state index in [0.29, 0.717) is 12.0 Å². The Balaban J connectivity index is 0.00000147. The lowest BCUT2D eigenvalue weighted by Crippen LogP contribution is -2.31. The summed E-state index contributed by atoms with van der Waals surface area (Å²) in [5.74, 6) is -0.841. The molecule has 0 bridgehead atoms. The van der Waals surface area contributed by atoms with Crippen molar-refractivity contribution in [1.29, 1.82) is 0 Å². The van der Waals surface area contributed by atoms with Crippen LogP contribution >= 0.6 is 12.4 Å². The quantitative estimate of drug-likeness (QED) is 0.931. The zero-order valence-electron chi connectivity index (χ0n) is 11.1. The first-order valence-corrected chi connectivity index (χ1v) is 6.64. The molecule has 1 N–H and O–H groups in total. The Kier molecular flexibility index (Phi) is 4.68. The standard InChI is InChI=1S/C15H17NO3.ClH/c17-15(18)12-8-11-4-1-2-6-14(11)16(9-12)10-13-5-3-7-19-13;/h1-2,4,6,9,13H,3,5,7-8,10H2,(H,17,18);1H. The van der Waals surface area contributed by atoms with Gasteiger partial charge in [0.15, 0.2) is 0 Å². The highest BCUT2D eigenvalue weighted by Crippen LogP contribution is 2.30. The Morgan fingerprint density at radius 1 is 1.40 bits per heavy atom. The number of rotatable bonds is 3. The van der Waals surface area contributed by atoms with Crippen LogP contribution in [0.25, 0.3) is 0 Å². The minimum absolute atomic E-state index is 0. The average Bonchev–Trinajstić information content (AvgIpc) is 2.91. The van der Waals surface area contributed by atoms with Crippen molar-refractivity contribution in [2.45, 2.75) is 25.4 Å². The van der Waals surface area contributed by atoms with E-state index in [1.807, 2.05) is 29.2 Å². The minimum Gasteiger partial charge on any atom is -0.478 e. The Morgan fingerprint density at radius 2 is 2.20 bits per heavy atom. The summed E-state index contributed by atoms with van der Waals surface area (Å²) >= 11 is 0. The molecule has 1 aromatic carbocycles. The number of carboxylic acid groups (broad SMARTS) is 1. The number of carbonyl (C=O) groups is 1. The summed E-state index contributed by atoms with van der Waals surface area (Å²) in [5, 5.41) is 9.22. The van der Waals surface area contributed by atoms with Crippen LogP contribution in [0.2, 0.25) is 0 Å². The maximum absolute atomic E-state index is 11.2. The molecule has 1 saturated heterocycles. The third kappa shape index (κ3) is 2.97. The van der Waals surface area contributed by atoms with Gasteiger partial charge in [-0.3, -0.25) is 0 Å². The zero-order chi connectivity index (χ0) is 13.2. The summed E-state index contributed by atoms with van der Waals surface area (Å²) in [7, 11) is 0. The van der Waals surface area contributed by atoms with Crippen molar-refractivity contribution in [2.75, 3.05) is 18.1 Å². The van der Waals surface area contributed by atoms with Gasteiger partial charge in [-0.15, -0.1) is 12.4 Å². The van der Waals surface area contributed by atoms with Crippen molar-refractivity contribution in [1.82, 2.24) is 0 Å². The van der Waals surface area contributed by atoms with Crippen molar-refractivity contribution >= 4 is 24.1 Å². The molecule has 0 amide bonds. The van der Waals surface area contributed by atoms with Gasteiger partial charge in [0.05, 0.1) is 11.7 Å². The molecule has 1 fully saturated rings. The van der Waals surface area contributed by atoms with Gasteiger partial charge < -0.3 is 14.7 Å². The van der Waals surface area contributed by atoms with Gasteiger partial charge in [-0.25, -0.2) is 4.79 Å². The second-order valence-electron chi connectivity index (χ2n) is 5.05. The highest BCUT2D eigenvalue weighted by molar-refractivity contribution is 5.89. The van der Waals surface area contributed by atoms with E-state index in [0.717, 1.165) is 37.2 Å². The third-order valence-electron chi connectivity index (χ3n) is 3.69. The van der Waals surface area contributed by atoms with E-state index < -0.39 is 5.97 Å². The maximum Gasteiger partial charge on any atom is 0.333 e. The number of hydrogen-bond acceptors (Lipinski definition) is 3. The summed E-state index contributed by atoms with van der Waals surface area (Å²) < 4.78 is 5.65. The van der Waals surface area contributed by atoms with Crippen LogP contribution in [0, 0.1) is 0 Å². The fourth-order valence-corrected chi connectivity index (χ4v) is 2.74. The van der Waals surface area contributed by atoms with Crippen LogP contribution < -0.4 is 4.90 Å². The SMILES string of the molecule is Cl.O=C(O)C1=CN(CC2CCCO2)c2ccccc2C1. The highest BCUT2D eigenvalue weighted by atomic mass is 35.5. The smallest absolute Gasteiger partial charge is 0.333 e. The number of hydrogen-bond donors (Lipinski definition) is 1. The number of nitrogens with zero attached hydrogens (tertiary/aromatic N) is 1. The van der Waals surface area contributed by atoms with Gasteiger partial charge in [0.25, 0.3) is 0 Å². The first-order valence-electron chi connectivity index (χ1n) is 6.64. The van der Waals surface area contributed by atoms with E-state index in [1.54, 1.807) is 6.20 Å². The van der Waals surface area contributed by atoms with Crippen LogP contribution in [-0.4, -0.2) is 30.3 Å². The number of para-hydroxylation sites is 1. The normalized spacial score (nSPS) is 20.9. The monoisotopic (exact) mass is 295 g/mol. The highest BCUT2D eigenvalue weighted by Gasteiger charge is 2.24. The van der Waals surface area contributed by atoms with E-state index >= 15 is 0 Å². The van der Waals surface area contributed by atoms with Crippen molar-refractivity contribution in [2.24, 2.45) is 0 Å². The molecule has 20 heavy (non-hydrogen) atoms. The van der Waals surface area contributed by atoms with Gasteiger partial charge in [0.1, 0.15) is 0 Å². The van der Waals surface area contributed by atoms with Gasteiger partial charge in [0.2, 0.25) is 0 Å². The molecule has 1 aromatic rings. The topological polar surface area (TPSA) is 49.8 Å². The predicted molar refractivity (Wildman–Crippen MR) is 79.4 cm³/mol. The van der Waals surface area contributed by atoms with E-state index in [-0.39, 0.29) is 18.5 Å². The van der Waals surface area contributed by atoms with Gasteiger partial charge >= 0.3 is 5.97 Å². The predicted octanol–water partition coefficient (Wildman–Crippen LogP) is 2.62. The lowest BCUT2D eigenvalue weighted by molar-refractivity contribution is -0.132. The average molecular weight is 296 g/mol. The second-order valence-corrected chi connectivity index (χ2v) is 5.05. The number of carboxylic acids is 1. The van der Waals surface area contributed by atoms with Crippen molar-refractivity contribution in [3.8, 4) is 0 Å². The second kappa shape index (κ2) is 6.29. The molecule has 0 radical (unpaired) electrons. The largest absolute Gasteiger partial charge is 0.478 e. The number of aliphatic carboxylic acids is 1. The summed E-state index contributed by atoms with van der Waals surface area (Å²) in [6.07, 6.45) is 4.60. The molecule has 1 atom stereocenters. The van der Waals surface area contributed by atoms with Gasteiger partial charge in [-0.2, -0.15) is 0 Å². The molecule has 2 aliphatic rings. The van der Waals surface area contributed by atoms with Crippen LogP contribution in [0.3, 0.4) is 0 Å². The van der Waals surface area contributed by atoms with E-state index in [1.165, 1.54) is 0 Å². The van der Waals surface area contributed by atoms with Crippen molar-refractivity contribution in [3.63, 3.8) is 0 Å². The summed E-state index contributed by atoms with van der Waals surface area (Å²) in [4.78, 5) is 13.2. The Morgan fingerprint density at radius 3 is 2.90 bits per heavy atom. The Bertz CT molecular complexity index is 524. The molecular formula is C15H18ClNO3. The molecule has 5 heteroatoms. The molecule has 108 valence electrons. The van der Waals surface area contributed by atoms with Crippen LogP contribution in [-0.2, 0) is 16.0 Å². The number of halogens is 1. The van der Waals surface area contributed by atoms with Crippen LogP contribution in [0.5, 0.6) is 0 Å². The maximum atomic E-state index is 11.2. The lowest BCUT2D eigenvalue weighted by atomic mass is 9.99. The first kappa shape index (κ1) is 14.9. The fraction of sp³-hybridized carbons (Fsp3) is 0.400. The van der Waals surface area contributed by atoms with Gasteiger partial charge in [-0.1, -0.05) is 18.2 Å². The first-order chi connectivity index (χ1) is 9.24. The van der Waals surface area contributed by atoms with Crippen molar-refractivity contribution < 1.29 is 14.6 Å². The Hall–Kier alpha value is -1.52. The summed E-state index contributed by atoms with van der Waals surface area (Å²) in [6, 6.07) is 7.97. The zero-order valence-corrected chi connectivity index (χ0v) is 11.9. The summed E-state index contributed by atoms with van der Waals surface area (Å²) in [5.41, 5.74) is 2.61. The van der Waals surface area contributed by atoms with Gasteiger partial charge in [0, 0.05) is 31.5 Å². The number of ether oxygens (including phenoxy) is 1. The molecule has 3 rings (SSSR count). The molecule has 0 saturated carbocycles. The molecule has 1 unspecified atom stereocenters. The number of fused-ring (bicyclic) bond motifs is 1. The molecular weight excluding hydrogens is 278 g/mol. The fourth-order valence-electron chi connectivity index (χ4n) is 2.74. The number of anilines is 1. The number of benzene rings is 1. The van der Waals surface area contributed by atoms with E-state index in [4.69, 9.17) is 4.74 Å². The molecule has 4 nitrogen and oxygen atoms in total. The van der Waals surface area contributed by atoms with Gasteiger partial charge in [-0.05, 0) is 24.5 Å². The van der Waals surface area contributed by atoms with Crippen LogP contribution in [0.4, 0.5) is 5.69 Å². The molecule has 0 aliphatic carbocycles. The third-order valence-corrected chi connectivity index (χ3v) is 3.69. The Labute approximate surface area is 124 Å². The molecule has 0 aromatic heterocycles. The van der Waals surface area contributed by atoms with E-state index in [9.17, 15) is 9.90 Å². The van der Waals surface area contributed by atoms with Crippen LogP contribution in [0.15, 0.2) is 36.0 Å². The molecule has 2 aliphatic heterocycles.